The summed E-state index contributed by atoms with van der Waals surface area (Å²) in [6, 6.07) is 0.360. The van der Waals surface area contributed by atoms with Crippen molar-refractivity contribution in [2.75, 3.05) is 40.4 Å². The molecule has 6 heteroatoms. The Morgan fingerprint density at radius 1 is 1.27 bits per heavy atom. The fourth-order valence-electron chi connectivity index (χ4n) is 3.27. The zero-order valence-electron chi connectivity index (χ0n) is 13.9. The van der Waals surface area contributed by atoms with Crippen molar-refractivity contribution < 1.29 is 9.53 Å². The van der Waals surface area contributed by atoms with Crippen molar-refractivity contribution >= 4 is 11.9 Å². The topological polar surface area (TPSA) is 66.0 Å². The van der Waals surface area contributed by atoms with Gasteiger partial charge in [0, 0.05) is 39.2 Å². The minimum absolute atomic E-state index is 0.0608. The van der Waals surface area contributed by atoms with Gasteiger partial charge in [-0.2, -0.15) is 0 Å². The van der Waals surface area contributed by atoms with Gasteiger partial charge in [-0.25, -0.2) is 0 Å². The lowest BCUT2D eigenvalue weighted by Gasteiger charge is -2.25. The van der Waals surface area contributed by atoms with E-state index < -0.39 is 0 Å². The highest BCUT2D eigenvalue weighted by Crippen LogP contribution is 2.17. The van der Waals surface area contributed by atoms with E-state index in [1.54, 1.807) is 7.05 Å². The Morgan fingerprint density at radius 3 is 2.68 bits per heavy atom. The summed E-state index contributed by atoms with van der Waals surface area (Å²) in [6.07, 6.45) is 7.08. The monoisotopic (exact) mass is 310 g/mol. The zero-order valence-corrected chi connectivity index (χ0v) is 13.9. The van der Waals surface area contributed by atoms with Gasteiger partial charge in [0.15, 0.2) is 5.96 Å². The van der Waals surface area contributed by atoms with Crippen LogP contribution in [0, 0.1) is 5.92 Å². The summed E-state index contributed by atoms with van der Waals surface area (Å²) >= 11 is 0. The molecule has 0 aromatic carbocycles. The fourth-order valence-corrected chi connectivity index (χ4v) is 3.27. The molecule has 0 bridgehead atoms. The lowest BCUT2D eigenvalue weighted by atomic mass is 9.95. The van der Waals surface area contributed by atoms with Crippen molar-refractivity contribution in [1.29, 1.82) is 0 Å². The van der Waals surface area contributed by atoms with Crippen molar-refractivity contribution in [2.45, 2.75) is 44.6 Å². The molecule has 0 spiro atoms. The molecule has 1 saturated carbocycles. The van der Waals surface area contributed by atoms with Crippen molar-refractivity contribution in [3.05, 3.63) is 0 Å². The highest BCUT2D eigenvalue weighted by molar-refractivity contribution is 5.86. The summed E-state index contributed by atoms with van der Waals surface area (Å²) in [7, 11) is 3.76. The minimum Gasteiger partial charge on any atom is -0.381 e. The van der Waals surface area contributed by atoms with Gasteiger partial charge in [-0.05, 0) is 19.3 Å². The lowest BCUT2D eigenvalue weighted by Crippen LogP contribution is -2.47. The molecule has 1 amide bonds. The van der Waals surface area contributed by atoms with Crippen LogP contribution in [0.2, 0.25) is 0 Å². The number of carbonyl (C=O) groups is 1. The first-order chi connectivity index (χ1) is 10.7. The summed E-state index contributed by atoms with van der Waals surface area (Å²) in [4.78, 5) is 18.4. The van der Waals surface area contributed by atoms with Crippen LogP contribution < -0.4 is 10.6 Å². The van der Waals surface area contributed by atoms with E-state index in [9.17, 15) is 4.79 Å². The first kappa shape index (κ1) is 17.1. The molecule has 2 aliphatic rings. The van der Waals surface area contributed by atoms with Crippen LogP contribution in [0.5, 0.6) is 0 Å². The van der Waals surface area contributed by atoms with Gasteiger partial charge in [-0.3, -0.25) is 9.79 Å². The van der Waals surface area contributed by atoms with Gasteiger partial charge in [0.2, 0.25) is 5.91 Å². The Balaban J connectivity index is 1.69. The van der Waals surface area contributed by atoms with E-state index in [1.165, 1.54) is 19.3 Å². The molecule has 22 heavy (non-hydrogen) atoms. The number of hydrogen-bond donors (Lipinski definition) is 2. The van der Waals surface area contributed by atoms with E-state index in [4.69, 9.17) is 4.74 Å². The smallest absolute Gasteiger partial charge is 0.239 e. The van der Waals surface area contributed by atoms with Crippen LogP contribution in [-0.2, 0) is 9.53 Å². The molecular weight excluding hydrogens is 280 g/mol. The van der Waals surface area contributed by atoms with Crippen molar-refractivity contribution in [3.63, 3.8) is 0 Å². The number of hydrogen-bond acceptors (Lipinski definition) is 3. The third kappa shape index (κ3) is 5.48. The lowest BCUT2D eigenvalue weighted by molar-refractivity contribution is -0.120. The van der Waals surface area contributed by atoms with Crippen molar-refractivity contribution in [3.8, 4) is 0 Å². The van der Waals surface area contributed by atoms with Crippen LogP contribution >= 0.6 is 0 Å². The van der Waals surface area contributed by atoms with Crippen LogP contribution in [0.4, 0.5) is 0 Å². The molecule has 1 unspecified atom stereocenters. The second kappa shape index (κ2) is 8.98. The summed E-state index contributed by atoms with van der Waals surface area (Å²) in [5, 5.41) is 6.27. The first-order valence-corrected chi connectivity index (χ1v) is 8.48. The number of aliphatic imine (C=N–C) groups is 1. The van der Waals surface area contributed by atoms with Gasteiger partial charge in [-0.1, -0.05) is 19.3 Å². The molecule has 1 saturated heterocycles. The Labute approximate surface area is 133 Å². The largest absolute Gasteiger partial charge is 0.381 e. The van der Waals surface area contributed by atoms with E-state index in [0.717, 1.165) is 45.0 Å². The molecule has 2 rings (SSSR count). The molecule has 6 nitrogen and oxygen atoms in total. The summed E-state index contributed by atoms with van der Waals surface area (Å²) in [5.41, 5.74) is 0. The van der Waals surface area contributed by atoms with Crippen LogP contribution in [0.25, 0.3) is 0 Å². The van der Waals surface area contributed by atoms with Crippen LogP contribution in [0.3, 0.4) is 0 Å². The number of carbonyl (C=O) groups excluding carboxylic acids is 1. The summed E-state index contributed by atoms with van der Waals surface area (Å²) in [6.45, 7) is 2.87. The number of amides is 1. The maximum Gasteiger partial charge on any atom is 0.239 e. The van der Waals surface area contributed by atoms with Crippen LogP contribution in [0.15, 0.2) is 4.99 Å². The van der Waals surface area contributed by atoms with E-state index >= 15 is 0 Å². The molecule has 126 valence electrons. The van der Waals surface area contributed by atoms with E-state index in [0.29, 0.717) is 12.0 Å². The summed E-state index contributed by atoms with van der Waals surface area (Å²) < 4.78 is 5.40. The molecule has 0 aromatic rings. The third-order valence-corrected chi connectivity index (χ3v) is 4.51. The number of nitrogens with one attached hydrogen (secondary N) is 2. The normalized spacial score (nSPS) is 23.4. The average Bonchev–Trinajstić information content (AvgIpc) is 3.01. The third-order valence-electron chi connectivity index (χ3n) is 4.51. The highest BCUT2D eigenvalue weighted by atomic mass is 16.5. The molecular formula is C16H30N4O2. The minimum atomic E-state index is 0.0608. The van der Waals surface area contributed by atoms with Crippen molar-refractivity contribution in [1.82, 2.24) is 15.5 Å². The highest BCUT2D eigenvalue weighted by Gasteiger charge is 2.20. The standard InChI is InChI=1S/C16H30N4O2/c1-17-16(20(2)11-13-8-9-22-12-13)18-10-15(21)19-14-6-4-3-5-7-14/h13-14H,3-12H2,1-2H3,(H,17,18)(H,19,21). The molecule has 0 radical (unpaired) electrons. The molecule has 0 aromatic heterocycles. The maximum atomic E-state index is 12.0. The van der Waals surface area contributed by atoms with Gasteiger partial charge < -0.3 is 20.3 Å². The quantitative estimate of drug-likeness (QED) is 0.587. The number of rotatable bonds is 5. The van der Waals surface area contributed by atoms with E-state index in [2.05, 4.69) is 20.5 Å². The summed E-state index contributed by atoms with van der Waals surface area (Å²) in [5.74, 6) is 1.39. The van der Waals surface area contributed by atoms with Gasteiger partial charge in [0.05, 0.1) is 13.2 Å². The molecule has 1 heterocycles. The average molecular weight is 310 g/mol. The zero-order chi connectivity index (χ0) is 15.8. The Bertz CT molecular complexity index is 374. The molecule has 1 atom stereocenters. The van der Waals surface area contributed by atoms with Crippen LogP contribution in [0.1, 0.15) is 38.5 Å². The number of nitrogens with zero attached hydrogens (tertiary/aromatic N) is 2. The second-order valence-electron chi connectivity index (χ2n) is 6.41. The number of ether oxygens (including phenoxy) is 1. The van der Waals surface area contributed by atoms with Gasteiger partial charge in [-0.15, -0.1) is 0 Å². The van der Waals surface area contributed by atoms with Gasteiger partial charge in [0.1, 0.15) is 0 Å². The molecule has 1 aliphatic carbocycles. The van der Waals surface area contributed by atoms with E-state index in [1.807, 2.05) is 7.05 Å². The Kier molecular flexibility index (Phi) is 6.96. The predicted molar refractivity (Wildman–Crippen MR) is 87.9 cm³/mol. The molecule has 1 aliphatic heterocycles. The van der Waals surface area contributed by atoms with Crippen molar-refractivity contribution in [2.24, 2.45) is 10.9 Å². The van der Waals surface area contributed by atoms with Gasteiger partial charge >= 0.3 is 0 Å². The first-order valence-electron chi connectivity index (χ1n) is 8.48. The fraction of sp³-hybridized carbons (Fsp3) is 0.875. The van der Waals surface area contributed by atoms with Crippen LogP contribution in [-0.4, -0.2) is 63.2 Å². The Morgan fingerprint density at radius 2 is 2.05 bits per heavy atom. The number of guanidine groups is 1. The van der Waals surface area contributed by atoms with E-state index in [-0.39, 0.29) is 12.5 Å². The second-order valence-corrected chi connectivity index (χ2v) is 6.41. The maximum absolute atomic E-state index is 12.0. The Hall–Kier alpha value is -1.30. The predicted octanol–water partition coefficient (Wildman–Crippen LogP) is 0.979. The molecule has 2 fully saturated rings. The molecule has 2 N–H and O–H groups in total. The van der Waals surface area contributed by atoms with Gasteiger partial charge in [0.25, 0.3) is 0 Å². The SMILES string of the molecule is CN=C(NCC(=O)NC1CCCCC1)N(C)CC1CCOC1.